The lowest BCUT2D eigenvalue weighted by Crippen LogP contribution is -2.44. The zero-order valence-electron chi connectivity index (χ0n) is 21.6. The molecule has 0 saturated carbocycles. The minimum atomic E-state index is -3.63. The van der Waals surface area contributed by atoms with Crippen LogP contribution in [0.5, 0.6) is 0 Å². The molecule has 10 heteroatoms. The van der Waals surface area contributed by atoms with E-state index in [2.05, 4.69) is 31.0 Å². The van der Waals surface area contributed by atoms with Crippen molar-refractivity contribution in [2.45, 2.75) is 43.0 Å². The van der Waals surface area contributed by atoms with E-state index in [-0.39, 0.29) is 11.8 Å². The summed E-state index contributed by atoms with van der Waals surface area (Å²) in [4.78, 5) is 25.8. The Kier molecular flexibility index (Phi) is 7.85. The summed E-state index contributed by atoms with van der Waals surface area (Å²) in [6, 6.07) is 15.1. The molecule has 1 aliphatic rings. The number of pyridine rings is 1. The van der Waals surface area contributed by atoms with E-state index in [4.69, 9.17) is 4.98 Å². The zero-order chi connectivity index (χ0) is 26.9. The maximum absolute atomic E-state index is 13.9. The summed E-state index contributed by atoms with van der Waals surface area (Å²) in [5, 5.41) is 0.655. The highest BCUT2D eigenvalue weighted by molar-refractivity contribution is 7.99. The first-order valence-corrected chi connectivity index (χ1v) is 16.0. The second-order valence-corrected chi connectivity index (χ2v) is 13.3. The lowest BCUT2D eigenvalue weighted by atomic mass is 9.96. The molecule has 3 heterocycles. The third-order valence-electron chi connectivity index (χ3n) is 7.04. The van der Waals surface area contributed by atoms with Gasteiger partial charge in [-0.05, 0) is 80.0 Å². The molecule has 5 rings (SSSR count). The normalized spacial score (nSPS) is 15.1. The molecule has 1 aliphatic heterocycles. The third kappa shape index (κ3) is 5.36. The zero-order valence-corrected chi connectivity index (χ0v) is 24.1. The number of nitrogens with zero attached hydrogens (tertiary/aromatic N) is 4. The molecule has 38 heavy (non-hydrogen) atoms. The Hall–Kier alpha value is -2.79. The van der Waals surface area contributed by atoms with Crippen molar-refractivity contribution < 1.29 is 13.2 Å². The second-order valence-electron chi connectivity index (χ2n) is 9.52. The minimum absolute atomic E-state index is 0.0251. The van der Waals surface area contributed by atoms with Crippen LogP contribution in [0.2, 0.25) is 0 Å². The van der Waals surface area contributed by atoms with Gasteiger partial charge in [-0.25, -0.2) is 13.4 Å². The molecule has 2 aromatic carbocycles. The number of sulfonamides is 1. The predicted molar refractivity (Wildman–Crippen MR) is 154 cm³/mol. The van der Waals surface area contributed by atoms with Gasteiger partial charge in [0.15, 0.2) is 5.13 Å². The monoisotopic (exact) mass is 566 g/mol. The molecule has 0 N–H and O–H groups in total. The fourth-order valence-corrected chi connectivity index (χ4v) is 8.37. The van der Waals surface area contributed by atoms with E-state index in [1.54, 1.807) is 29.4 Å². The van der Waals surface area contributed by atoms with Gasteiger partial charge in [-0.15, -0.1) is 11.8 Å². The van der Waals surface area contributed by atoms with E-state index in [1.807, 2.05) is 30.5 Å². The maximum atomic E-state index is 13.9. The van der Waals surface area contributed by atoms with Crippen LogP contribution < -0.4 is 4.90 Å². The van der Waals surface area contributed by atoms with Gasteiger partial charge in [-0.1, -0.05) is 29.5 Å². The average Bonchev–Trinajstić information content (AvgIpc) is 3.34. The Morgan fingerprint density at radius 3 is 2.55 bits per heavy atom. The van der Waals surface area contributed by atoms with Crippen molar-refractivity contribution in [1.29, 1.82) is 0 Å². The molecule has 0 bridgehead atoms. The number of thiazole rings is 1. The Bertz CT molecular complexity index is 1520. The average molecular weight is 567 g/mol. The number of rotatable bonds is 7. The first-order valence-electron chi connectivity index (χ1n) is 12.5. The van der Waals surface area contributed by atoms with Crippen LogP contribution in [0.25, 0.3) is 10.2 Å². The number of carbonyl (C=O) groups excluding carboxylic acids is 1. The van der Waals surface area contributed by atoms with Gasteiger partial charge < -0.3 is 0 Å². The number of benzene rings is 2. The van der Waals surface area contributed by atoms with Gasteiger partial charge in [0.2, 0.25) is 15.9 Å². The van der Waals surface area contributed by atoms with E-state index >= 15 is 0 Å². The molecule has 198 valence electrons. The molecule has 0 unspecified atom stereocenters. The lowest BCUT2D eigenvalue weighted by molar-refractivity contribution is -0.123. The van der Waals surface area contributed by atoms with Crippen LogP contribution in [0.4, 0.5) is 5.13 Å². The summed E-state index contributed by atoms with van der Waals surface area (Å²) in [5.74, 6) is -0.313. The molecule has 1 fully saturated rings. The number of thioether (sulfide) groups is 1. The van der Waals surface area contributed by atoms with Gasteiger partial charge in [-0.3, -0.25) is 14.7 Å². The second kappa shape index (κ2) is 11.1. The Morgan fingerprint density at radius 1 is 1.11 bits per heavy atom. The molecule has 7 nitrogen and oxygen atoms in total. The molecule has 0 aliphatic carbocycles. The van der Waals surface area contributed by atoms with Gasteiger partial charge >= 0.3 is 0 Å². The molecular formula is C28H30N4O3S3. The van der Waals surface area contributed by atoms with Crippen molar-refractivity contribution in [1.82, 2.24) is 14.3 Å². The molecule has 1 saturated heterocycles. The molecule has 1 amide bonds. The van der Waals surface area contributed by atoms with Crippen molar-refractivity contribution in [3.63, 3.8) is 0 Å². The summed E-state index contributed by atoms with van der Waals surface area (Å²) in [6.45, 7) is 5.11. The first-order chi connectivity index (χ1) is 18.3. The van der Waals surface area contributed by atoms with Crippen LogP contribution in [-0.2, 0) is 21.4 Å². The number of hydrogen-bond acceptors (Lipinski definition) is 7. The fraction of sp³-hybridized carbons (Fsp3) is 0.321. The van der Waals surface area contributed by atoms with Gasteiger partial charge in [0, 0.05) is 36.3 Å². The van der Waals surface area contributed by atoms with Crippen molar-refractivity contribution in [2.24, 2.45) is 5.92 Å². The summed E-state index contributed by atoms with van der Waals surface area (Å²) < 4.78 is 29.3. The maximum Gasteiger partial charge on any atom is 0.244 e. The quantitative estimate of drug-likeness (QED) is 0.268. The van der Waals surface area contributed by atoms with Crippen LogP contribution in [0.15, 0.2) is 70.7 Å². The fourth-order valence-electron chi connectivity index (χ4n) is 4.73. The standard InChI is InChI=1S/C28H30N4O3S3/c1-19-15-23-25(16-20(19)2)37-28(30-23)32(18-21-7-6-12-29-17-21)27(33)22-10-13-31(14-11-22)38(34,35)26-9-5-4-8-24(26)36-3/h4-9,12,15-17,22H,10-11,13-14,18H2,1-3H3. The summed E-state index contributed by atoms with van der Waals surface area (Å²) in [5.41, 5.74) is 4.15. The third-order valence-corrected chi connectivity index (χ3v) is 11.0. The van der Waals surface area contributed by atoms with E-state index in [1.165, 1.54) is 33.0 Å². The highest BCUT2D eigenvalue weighted by Crippen LogP contribution is 2.35. The van der Waals surface area contributed by atoms with E-state index < -0.39 is 10.0 Å². The SMILES string of the molecule is CSc1ccccc1S(=O)(=O)N1CCC(C(=O)N(Cc2cccnc2)c2nc3cc(C)c(C)cc3s2)CC1. The summed E-state index contributed by atoms with van der Waals surface area (Å²) in [7, 11) is -3.63. The van der Waals surface area contributed by atoms with Gasteiger partial charge in [0.1, 0.15) is 0 Å². The Morgan fingerprint density at radius 2 is 1.84 bits per heavy atom. The predicted octanol–water partition coefficient (Wildman–Crippen LogP) is 5.66. The van der Waals surface area contributed by atoms with Gasteiger partial charge in [0.05, 0.1) is 21.7 Å². The van der Waals surface area contributed by atoms with Crippen molar-refractivity contribution in [3.05, 3.63) is 77.6 Å². The summed E-state index contributed by atoms with van der Waals surface area (Å²) in [6.07, 6.45) is 6.28. The molecule has 4 aromatic rings. The Labute approximate surface area is 232 Å². The molecule has 0 spiro atoms. The highest BCUT2D eigenvalue weighted by Gasteiger charge is 2.35. The van der Waals surface area contributed by atoms with Crippen LogP contribution >= 0.6 is 23.1 Å². The number of hydrogen-bond donors (Lipinski definition) is 0. The minimum Gasteiger partial charge on any atom is -0.283 e. The molecule has 0 atom stereocenters. The van der Waals surface area contributed by atoms with Crippen LogP contribution in [-0.4, -0.2) is 47.9 Å². The first kappa shape index (κ1) is 26.8. The topological polar surface area (TPSA) is 83.5 Å². The molecule has 2 aromatic heterocycles. The largest absolute Gasteiger partial charge is 0.283 e. The van der Waals surface area contributed by atoms with Crippen LogP contribution in [0.1, 0.15) is 29.5 Å². The van der Waals surface area contributed by atoms with Gasteiger partial charge in [-0.2, -0.15) is 4.31 Å². The number of piperidine rings is 1. The van der Waals surface area contributed by atoms with Crippen molar-refractivity contribution in [3.8, 4) is 0 Å². The number of aromatic nitrogens is 2. The summed E-state index contributed by atoms with van der Waals surface area (Å²) >= 11 is 2.93. The highest BCUT2D eigenvalue weighted by atomic mass is 32.2. The van der Waals surface area contributed by atoms with E-state index in [0.717, 1.165) is 26.2 Å². The number of carbonyl (C=O) groups is 1. The van der Waals surface area contributed by atoms with Crippen molar-refractivity contribution in [2.75, 3.05) is 24.2 Å². The van der Waals surface area contributed by atoms with Gasteiger partial charge in [0.25, 0.3) is 0 Å². The number of amides is 1. The molecule has 0 radical (unpaired) electrons. The number of fused-ring (bicyclic) bond motifs is 1. The number of anilines is 1. The van der Waals surface area contributed by atoms with Crippen molar-refractivity contribution >= 4 is 54.4 Å². The lowest BCUT2D eigenvalue weighted by Gasteiger charge is -2.33. The van der Waals surface area contributed by atoms with E-state index in [0.29, 0.717) is 42.5 Å². The molecular weight excluding hydrogens is 537 g/mol. The number of aryl methyl sites for hydroxylation is 2. The Balaban J connectivity index is 1.39. The van der Waals surface area contributed by atoms with Crippen LogP contribution in [0.3, 0.4) is 0 Å². The van der Waals surface area contributed by atoms with Crippen LogP contribution in [0, 0.1) is 19.8 Å². The van der Waals surface area contributed by atoms with E-state index in [9.17, 15) is 13.2 Å². The smallest absolute Gasteiger partial charge is 0.244 e.